The van der Waals surface area contributed by atoms with Crippen molar-refractivity contribution in [3.8, 4) is 0 Å². The van der Waals surface area contributed by atoms with Crippen molar-refractivity contribution in [2.24, 2.45) is 0 Å². The smallest absolute Gasteiger partial charge is 0.312 e. The number of alkyl halides is 3. The Morgan fingerprint density at radius 1 is 0.944 bits per heavy atom. The Labute approximate surface area is 109 Å². The maximum absolute atomic E-state index is 12.0. The molecule has 2 nitrogen and oxygen atoms in total. The van der Waals surface area contributed by atoms with Crippen LogP contribution in [0.1, 0.15) is 46.5 Å². The first-order chi connectivity index (χ1) is 8.10. The third-order valence-electron chi connectivity index (χ3n) is 2.65. The predicted octanol–water partition coefficient (Wildman–Crippen LogP) is 3.43. The standard InChI is InChI=1S/C13H27F3N2/c1-12(2,3)17-9-6-5-7-10-18(4)11-8-13(14,15)16/h17H,5-11H2,1-4H3. The summed E-state index contributed by atoms with van der Waals surface area (Å²) >= 11 is 0. The summed E-state index contributed by atoms with van der Waals surface area (Å²) in [5, 5.41) is 3.39. The van der Waals surface area contributed by atoms with Crippen LogP contribution in [0, 0.1) is 0 Å². The predicted molar refractivity (Wildman–Crippen MR) is 69.8 cm³/mol. The topological polar surface area (TPSA) is 15.3 Å². The summed E-state index contributed by atoms with van der Waals surface area (Å²) in [6.07, 6.45) is -1.66. The molecule has 0 atom stereocenters. The Kier molecular flexibility index (Phi) is 7.87. The van der Waals surface area contributed by atoms with Gasteiger partial charge in [-0.15, -0.1) is 0 Å². The molecule has 0 aromatic heterocycles. The first kappa shape index (κ1) is 17.7. The number of halogens is 3. The largest absolute Gasteiger partial charge is 0.390 e. The van der Waals surface area contributed by atoms with Crippen LogP contribution < -0.4 is 5.32 Å². The van der Waals surface area contributed by atoms with Gasteiger partial charge in [0.1, 0.15) is 0 Å². The average Bonchev–Trinajstić information content (AvgIpc) is 2.17. The summed E-state index contributed by atoms with van der Waals surface area (Å²) in [6, 6.07) is 0. The lowest BCUT2D eigenvalue weighted by Crippen LogP contribution is -2.36. The number of rotatable bonds is 8. The van der Waals surface area contributed by atoms with Crippen LogP contribution in [0.5, 0.6) is 0 Å². The second-order valence-electron chi connectivity index (χ2n) is 5.91. The zero-order chi connectivity index (χ0) is 14.2. The molecule has 0 radical (unpaired) electrons. The van der Waals surface area contributed by atoms with E-state index in [-0.39, 0.29) is 12.1 Å². The van der Waals surface area contributed by atoms with Crippen LogP contribution in [0.4, 0.5) is 13.2 Å². The molecule has 0 aliphatic heterocycles. The lowest BCUT2D eigenvalue weighted by atomic mass is 10.1. The van der Waals surface area contributed by atoms with Crippen LogP contribution in [0.15, 0.2) is 0 Å². The molecule has 0 aliphatic carbocycles. The lowest BCUT2D eigenvalue weighted by molar-refractivity contribution is -0.137. The summed E-state index contributed by atoms with van der Waals surface area (Å²) < 4.78 is 35.9. The molecule has 0 aromatic rings. The van der Waals surface area contributed by atoms with Crippen molar-refractivity contribution in [3.63, 3.8) is 0 Å². The van der Waals surface area contributed by atoms with Gasteiger partial charge in [-0.05, 0) is 53.8 Å². The van der Waals surface area contributed by atoms with E-state index >= 15 is 0 Å². The minimum atomic E-state index is -4.04. The van der Waals surface area contributed by atoms with E-state index in [2.05, 4.69) is 26.1 Å². The normalized spacial score (nSPS) is 13.3. The van der Waals surface area contributed by atoms with Crippen molar-refractivity contribution in [1.82, 2.24) is 10.2 Å². The molecule has 0 aliphatic rings. The number of hydrogen-bond donors (Lipinski definition) is 1. The van der Waals surface area contributed by atoms with Crippen molar-refractivity contribution in [2.45, 2.75) is 58.2 Å². The third kappa shape index (κ3) is 13.8. The van der Waals surface area contributed by atoms with Gasteiger partial charge in [-0.25, -0.2) is 0 Å². The SMILES string of the molecule is CN(CCCCCNC(C)(C)C)CCC(F)(F)F. The highest BCUT2D eigenvalue weighted by molar-refractivity contribution is 4.69. The molecule has 0 rings (SSSR count). The van der Waals surface area contributed by atoms with Gasteiger partial charge in [0.25, 0.3) is 0 Å². The Hall–Kier alpha value is -0.290. The molecule has 18 heavy (non-hydrogen) atoms. The van der Waals surface area contributed by atoms with Gasteiger partial charge in [-0.2, -0.15) is 13.2 Å². The highest BCUT2D eigenvalue weighted by atomic mass is 19.4. The van der Waals surface area contributed by atoms with E-state index in [4.69, 9.17) is 0 Å². The van der Waals surface area contributed by atoms with Crippen LogP contribution in [-0.4, -0.2) is 43.3 Å². The fourth-order valence-corrected chi connectivity index (χ4v) is 1.58. The summed E-state index contributed by atoms with van der Waals surface area (Å²) in [5.74, 6) is 0. The maximum Gasteiger partial charge on any atom is 0.390 e. The van der Waals surface area contributed by atoms with Crippen molar-refractivity contribution in [3.05, 3.63) is 0 Å². The Bertz CT molecular complexity index is 209. The molecule has 0 spiro atoms. The monoisotopic (exact) mass is 268 g/mol. The van der Waals surface area contributed by atoms with Gasteiger partial charge in [-0.3, -0.25) is 0 Å². The van der Waals surface area contributed by atoms with E-state index in [0.717, 1.165) is 32.4 Å². The van der Waals surface area contributed by atoms with E-state index < -0.39 is 12.6 Å². The molecule has 0 heterocycles. The first-order valence-electron chi connectivity index (χ1n) is 6.60. The molecule has 0 aromatic carbocycles. The molecule has 0 amide bonds. The highest BCUT2D eigenvalue weighted by Crippen LogP contribution is 2.19. The number of nitrogens with zero attached hydrogens (tertiary/aromatic N) is 1. The minimum Gasteiger partial charge on any atom is -0.312 e. The molecular weight excluding hydrogens is 241 g/mol. The zero-order valence-electron chi connectivity index (χ0n) is 12.0. The zero-order valence-corrected chi connectivity index (χ0v) is 12.0. The van der Waals surface area contributed by atoms with E-state index in [0.29, 0.717) is 0 Å². The van der Waals surface area contributed by atoms with Crippen LogP contribution >= 0.6 is 0 Å². The van der Waals surface area contributed by atoms with Crippen molar-refractivity contribution in [1.29, 1.82) is 0 Å². The number of hydrogen-bond acceptors (Lipinski definition) is 2. The first-order valence-corrected chi connectivity index (χ1v) is 6.60. The maximum atomic E-state index is 12.0. The third-order valence-corrected chi connectivity index (χ3v) is 2.65. The Balaban J connectivity index is 3.38. The number of unbranched alkanes of at least 4 members (excludes halogenated alkanes) is 2. The van der Waals surface area contributed by atoms with Crippen molar-refractivity contribution >= 4 is 0 Å². The van der Waals surface area contributed by atoms with Gasteiger partial charge in [0.05, 0.1) is 6.42 Å². The molecule has 110 valence electrons. The van der Waals surface area contributed by atoms with E-state index in [1.807, 2.05) is 0 Å². The summed E-state index contributed by atoms with van der Waals surface area (Å²) in [6.45, 7) is 8.18. The average molecular weight is 268 g/mol. The molecule has 0 unspecified atom stereocenters. The van der Waals surface area contributed by atoms with Crippen LogP contribution in [0.3, 0.4) is 0 Å². The molecule has 0 saturated carbocycles. The molecular formula is C13H27F3N2. The molecule has 0 bridgehead atoms. The van der Waals surface area contributed by atoms with Crippen LogP contribution in [-0.2, 0) is 0 Å². The highest BCUT2D eigenvalue weighted by Gasteiger charge is 2.26. The summed E-state index contributed by atoms with van der Waals surface area (Å²) in [5.41, 5.74) is 0.142. The second-order valence-corrected chi connectivity index (χ2v) is 5.91. The van der Waals surface area contributed by atoms with Gasteiger partial charge in [0.15, 0.2) is 0 Å². The van der Waals surface area contributed by atoms with E-state index in [1.54, 1.807) is 11.9 Å². The van der Waals surface area contributed by atoms with E-state index in [9.17, 15) is 13.2 Å². The summed E-state index contributed by atoms with van der Waals surface area (Å²) in [4.78, 5) is 1.75. The van der Waals surface area contributed by atoms with Crippen molar-refractivity contribution in [2.75, 3.05) is 26.7 Å². The fourth-order valence-electron chi connectivity index (χ4n) is 1.58. The van der Waals surface area contributed by atoms with Gasteiger partial charge in [-0.1, -0.05) is 6.42 Å². The van der Waals surface area contributed by atoms with Gasteiger partial charge in [0.2, 0.25) is 0 Å². The minimum absolute atomic E-state index is 0.101. The van der Waals surface area contributed by atoms with Crippen LogP contribution in [0.25, 0.3) is 0 Å². The second kappa shape index (κ2) is 8.00. The fraction of sp³-hybridized carbons (Fsp3) is 1.00. The van der Waals surface area contributed by atoms with Gasteiger partial charge in [0, 0.05) is 12.1 Å². The van der Waals surface area contributed by atoms with Gasteiger partial charge >= 0.3 is 6.18 Å². The molecule has 1 N–H and O–H groups in total. The van der Waals surface area contributed by atoms with E-state index in [1.165, 1.54) is 0 Å². The Morgan fingerprint density at radius 3 is 2.06 bits per heavy atom. The number of nitrogens with one attached hydrogen (secondary N) is 1. The Morgan fingerprint density at radius 2 is 1.56 bits per heavy atom. The van der Waals surface area contributed by atoms with Crippen molar-refractivity contribution < 1.29 is 13.2 Å². The van der Waals surface area contributed by atoms with Crippen LogP contribution in [0.2, 0.25) is 0 Å². The molecule has 0 saturated heterocycles. The van der Waals surface area contributed by atoms with Gasteiger partial charge < -0.3 is 10.2 Å². The molecule has 0 fully saturated rings. The lowest BCUT2D eigenvalue weighted by Gasteiger charge is -2.21. The molecule has 5 heteroatoms. The summed E-state index contributed by atoms with van der Waals surface area (Å²) in [7, 11) is 1.75. The quantitative estimate of drug-likeness (QED) is 0.678.